The fourth-order valence-corrected chi connectivity index (χ4v) is 3.29. The highest BCUT2D eigenvalue weighted by Crippen LogP contribution is 2.27. The SMILES string of the molecule is CC(=O)Nc1nc(-c2cccc(NC(=O)c3ccc(C)c([N+](=O)[O-])c3)c2)cs1. The van der Waals surface area contributed by atoms with Gasteiger partial charge in [-0.1, -0.05) is 18.2 Å². The zero-order chi connectivity index (χ0) is 20.3. The molecule has 9 heteroatoms. The van der Waals surface area contributed by atoms with E-state index in [4.69, 9.17) is 0 Å². The lowest BCUT2D eigenvalue weighted by atomic mass is 10.1. The Labute approximate surface area is 164 Å². The van der Waals surface area contributed by atoms with Crippen LogP contribution in [0.25, 0.3) is 11.3 Å². The molecular weight excluding hydrogens is 380 g/mol. The third kappa shape index (κ3) is 4.38. The Hall–Kier alpha value is -3.59. The summed E-state index contributed by atoms with van der Waals surface area (Å²) in [5.74, 6) is -0.647. The second-order valence-corrected chi connectivity index (χ2v) is 6.87. The first kappa shape index (κ1) is 19.2. The number of hydrogen-bond donors (Lipinski definition) is 2. The molecule has 142 valence electrons. The number of nitrogens with one attached hydrogen (secondary N) is 2. The van der Waals surface area contributed by atoms with Gasteiger partial charge in [0, 0.05) is 40.7 Å². The van der Waals surface area contributed by atoms with Crippen LogP contribution in [-0.4, -0.2) is 21.7 Å². The van der Waals surface area contributed by atoms with E-state index in [1.165, 1.54) is 24.3 Å². The van der Waals surface area contributed by atoms with Gasteiger partial charge in [0.05, 0.1) is 10.6 Å². The predicted molar refractivity (Wildman–Crippen MR) is 108 cm³/mol. The molecular formula is C19H16N4O4S. The maximum absolute atomic E-state index is 12.5. The largest absolute Gasteiger partial charge is 0.322 e. The van der Waals surface area contributed by atoms with E-state index in [9.17, 15) is 19.7 Å². The lowest BCUT2D eigenvalue weighted by molar-refractivity contribution is -0.385. The number of nitrogens with zero attached hydrogens (tertiary/aromatic N) is 2. The van der Waals surface area contributed by atoms with Crippen molar-refractivity contribution in [3.8, 4) is 11.3 Å². The van der Waals surface area contributed by atoms with Crippen LogP contribution in [0.2, 0.25) is 0 Å². The number of nitro benzene ring substituents is 1. The number of aromatic nitrogens is 1. The highest BCUT2D eigenvalue weighted by Gasteiger charge is 2.15. The summed E-state index contributed by atoms with van der Waals surface area (Å²) in [6, 6.07) is 11.4. The zero-order valence-corrected chi connectivity index (χ0v) is 15.9. The summed E-state index contributed by atoms with van der Waals surface area (Å²) < 4.78 is 0. The van der Waals surface area contributed by atoms with Gasteiger partial charge < -0.3 is 10.6 Å². The molecule has 0 saturated heterocycles. The van der Waals surface area contributed by atoms with Gasteiger partial charge in [0.1, 0.15) is 0 Å². The van der Waals surface area contributed by atoms with Gasteiger partial charge >= 0.3 is 0 Å². The molecule has 0 saturated carbocycles. The molecule has 2 amide bonds. The molecule has 0 aliphatic carbocycles. The van der Waals surface area contributed by atoms with Gasteiger partial charge in [0.15, 0.2) is 5.13 Å². The molecule has 0 radical (unpaired) electrons. The van der Waals surface area contributed by atoms with Crippen LogP contribution >= 0.6 is 11.3 Å². The van der Waals surface area contributed by atoms with Gasteiger partial charge in [-0.25, -0.2) is 4.98 Å². The van der Waals surface area contributed by atoms with Crippen LogP contribution in [0.3, 0.4) is 0 Å². The molecule has 0 spiro atoms. The molecule has 0 atom stereocenters. The number of carbonyl (C=O) groups excluding carboxylic acids is 2. The third-order valence-electron chi connectivity index (χ3n) is 3.87. The van der Waals surface area contributed by atoms with Gasteiger partial charge in [-0.15, -0.1) is 11.3 Å². The maximum Gasteiger partial charge on any atom is 0.273 e. The zero-order valence-electron chi connectivity index (χ0n) is 15.1. The molecule has 1 aromatic heterocycles. The number of hydrogen-bond acceptors (Lipinski definition) is 6. The van der Waals surface area contributed by atoms with Gasteiger partial charge in [-0.3, -0.25) is 19.7 Å². The van der Waals surface area contributed by atoms with Crippen LogP contribution in [-0.2, 0) is 4.79 Å². The molecule has 3 aromatic rings. The highest BCUT2D eigenvalue weighted by molar-refractivity contribution is 7.14. The monoisotopic (exact) mass is 396 g/mol. The van der Waals surface area contributed by atoms with Gasteiger partial charge in [-0.2, -0.15) is 0 Å². The van der Waals surface area contributed by atoms with E-state index >= 15 is 0 Å². The second kappa shape index (κ2) is 7.97. The van der Waals surface area contributed by atoms with E-state index < -0.39 is 10.8 Å². The number of benzene rings is 2. The van der Waals surface area contributed by atoms with Crippen molar-refractivity contribution in [2.45, 2.75) is 13.8 Å². The van der Waals surface area contributed by atoms with Crippen molar-refractivity contribution in [2.75, 3.05) is 10.6 Å². The maximum atomic E-state index is 12.5. The van der Waals surface area contributed by atoms with Gasteiger partial charge in [0.25, 0.3) is 11.6 Å². The molecule has 8 nitrogen and oxygen atoms in total. The fraction of sp³-hybridized carbons (Fsp3) is 0.105. The van der Waals surface area contributed by atoms with Crippen molar-refractivity contribution in [3.05, 3.63) is 69.1 Å². The third-order valence-corrected chi connectivity index (χ3v) is 4.63. The van der Waals surface area contributed by atoms with E-state index in [-0.39, 0.29) is 17.2 Å². The van der Waals surface area contributed by atoms with Crippen molar-refractivity contribution in [1.29, 1.82) is 0 Å². The Balaban J connectivity index is 1.80. The molecule has 0 bridgehead atoms. The van der Waals surface area contributed by atoms with Crippen LogP contribution in [0, 0.1) is 17.0 Å². The summed E-state index contributed by atoms with van der Waals surface area (Å²) in [5.41, 5.74) is 2.54. The summed E-state index contributed by atoms with van der Waals surface area (Å²) in [6.07, 6.45) is 0. The number of nitro groups is 1. The molecule has 0 fully saturated rings. The summed E-state index contributed by atoms with van der Waals surface area (Å²) in [5, 5.41) is 18.7. The topological polar surface area (TPSA) is 114 Å². The number of amides is 2. The lowest BCUT2D eigenvalue weighted by Gasteiger charge is -2.07. The summed E-state index contributed by atoms with van der Waals surface area (Å²) in [7, 11) is 0. The van der Waals surface area contributed by atoms with Crippen LogP contribution in [0.5, 0.6) is 0 Å². The first-order chi connectivity index (χ1) is 13.3. The van der Waals surface area contributed by atoms with Gasteiger partial charge in [-0.05, 0) is 25.1 Å². The fourth-order valence-electron chi connectivity index (χ4n) is 2.52. The number of rotatable bonds is 5. The van der Waals surface area contributed by atoms with Crippen LogP contribution in [0.4, 0.5) is 16.5 Å². The van der Waals surface area contributed by atoms with Crippen LogP contribution in [0.15, 0.2) is 47.8 Å². The summed E-state index contributed by atoms with van der Waals surface area (Å²) >= 11 is 1.30. The van der Waals surface area contributed by atoms with E-state index in [0.29, 0.717) is 22.1 Å². The first-order valence-electron chi connectivity index (χ1n) is 8.23. The number of carbonyl (C=O) groups is 2. The van der Waals surface area contributed by atoms with E-state index in [1.54, 1.807) is 42.6 Å². The minimum atomic E-state index is -0.512. The van der Waals surface area contributed by atoms with Crippen molar-refractivity contribution >= 4 is 39.7 Å². The minimum absolute atomic E-state index is 0.102. The van der Waals surface area contributed by atoms with E-state index in [2.05, 4.69) is 15.6 Å². The van der Waals surface area contributed by atoms with Gasteiger partial charge in [0.2, 0.25) is 5.91 Å². The molecule has 0 aliphatic heterocycles. The average molecular weight is 396 g/mol. The van der Waals surface area contributed by atoms with Crippen molar-refractivity contribution in [2.24, 2.45) is 0 Å². The second-order valence-electron chi connectivity index (χ2n) is 6.01. The number of anilines is 2. The van der Waals surface area contributed by atoms with Crippen molar-refractivity contribution in [1.82, 2.24) is 4.98 Å². The standard InChI is InChI=1S/C19H16N4O4S/c1-11-6-7-14(9-17(11)23(26)27)18(25)21-15-5-3-4-13(8-15)16-10-28-19(22-16)20-12(2)24/h3-10H,1-2H3,(H,21,25)(H,20,22,24). The highest BCUT2D eigenvalue weighted by atomic mass is 32.1. The smallest absolute Gasteiger partial charge is 0.273 e. The Morgan fingerprint density at radius 3 is 2.64 bits per heavy atom. The predicted octanol–water partition coefficient (Wildman–Crippen LogP) is 4.24. The molecule has 3 rings (SSSR count). The van der Waals surface area contributed by atoms with Crippen molar-refractivity contribution < 1.29 is 14.5 Å². The van der Waals surface area contributed by atoms with Crippen LogP contribution < -0.4 is 10.6 Å². The normalized spacial score (nSPS) is 10.4. The van der Waals surface area contributed by atoms with E-state index in [1.807, 2.05) is 6.07 Å². The Morgan fingerprint density at radius 2 is 1.93 bits per heavy atom. The quantitative estimate of drug-likeness (QED) is 0.495. The van der Waals surface area contributed by atoms with E-state index in [0.717, 1.165) is 5.56 Å². The molecule has 1 heterocycles. The molecule has 2 N–H and O–H groups in total. The number of thiazole rings is 1. The molecule has 28 heavy (non-hydrogen) atoms. The molecule has 2 aromatic carbocycles. The number of aryl methyl sites for hydroxylation is 1. The molecule has 0 aliphatic rings. The summed E-state index contributed by atoms with van der Waals surface area (Å²) in [6.45, 7) is 3.03. The Bertz CT molecular complexity index is 1080. The Morgan fingerprint density at radius 1 is 1.14 bits per heavy atom. The van der Waals surface area contributed by atoms with Crippen molar-refractivity contribution in [3.63, 3.8) is 0 Å². The summed E-state index contributed by atoms with van der Waals surface area (Å²) in [4.78, 5) is 38.5. The minimum Gasteiger partial charge on any atom is -0.322 e. The Kier molecular flexibility index (Phi) is 5.46. The van der Waals surface area contributed by atoms with Crippen LogP contribution in [0.1, 0.15) is 22.8 Å². The average Bonchev–Trinajstić information content (AvgIpc) is 3.09. The molecule has 0 unspecified atom stereocenters. The first-order valence-corrected chi connectivity index (χ1v) is 9.11. The lowest BCUT2D eigenvalue weighted by Crippen LogP contribution is -2.12.